The fourth-order valence-electron chi connectivity index (χ4n) is 2.14. The predicted molar refractivity (Wildman–Crippen MR) is 71.3 cm³/mol. The molecule has 0 spiro atoms. The van der Waals surface area contributed by atoms with Crippen molar-refractivity contribution >= 4 is 16.7 Å². The maximum atomic E-state index is 11.2. The van der Waals surface area contributed by atoms with Gasteiger partial charge in [0.05, 0.1) is 0 Å². The van der Waals surface area contributed by atoms with E-state index in [0.29, 0.717) is 5.39 Å². The number of hydrogen-bond acceptors (Lipinski definition) is 2. The number of hydrogen-bond donors (Lipinski definition) is 2. The van der Waals surface area contributed by atoms with Crippen molar-refractivity contribution in [2.45, 2.75) is 26.2 Å². The van der Waals surface area contributed by atoms with Gasteiger partial charge in [-0.25, -0.2) is 4.79 Å². The van der Waals surface area contributed by atoms with Gasteiger partial charge in [0.2, 0.25) is 0 Å². The van der Waals surface area contributed by atoms with Crippen molar-refractivity contribution in [3.05, 3.63) is 41.5 Å². The Bertz CT molecular complexity index is 621. The topological polar surface area (TPSA) is 57.5 Å². The first-order valence-corrected chi connectivity index (χ1v) is 5.81. The quantitative estimate of drug-likeness (QED) is 0.806. The Balaban J connectivity index is 2.94. The summed E-state index contributed by atoms with van der Waals surface area (Å²) >= 11 is 0. The smallest absolute Gasteiger partial charge is 0.339 e. The Morgan fingerprint density at radius 2 is 1.67 bits per heavy atom. The molecule has 2 N–H and O–H groups in total. The van der Waals surface area contributed by atoms with Crippen molar-refractivity contribution in [2.75, 3.05) is 0 Å². The molecule has 2 rings (SSSR count). The van der Waals surface area contributed by atoms with Crippen LogP contribution in [0.2, 0.25) is 0 Å². The first-order valence-electron chi connectivity index (χ1n) is 5.81. The highest BCUT2D eigenvalue weighted by Crippen LogP contribution is 2.37. The lowest BCUT2D eigenvalue weighted by atomic mass is 9.82. The highest BCUT2D eigenvalue weighted by Gasteiger charge is 2.22. The Kier molecular flexibility index (Phi) is 2.77. The van der Waals surface area contributed by atoms with E-state index in [1.165, 1.54) is 0 Å². The molecule has 2 aromatic rings. The van der Waals surface area contributed by atoms with Crippen LogP contribution < -0.4 is 0 Å². The van der Waals surface area contributed by atoms with Gasteiger partial charge in [0.1, 0.15) is 11.3 Å². The Hall–Kier alpha value is -2.03. The molecule has 0 bridgehead atoms. The summed E-state index contributed by atoms with van der Waals surface area (Å²) in [6.07, 6.45) is 0. The molecule has 94 valence electrons. The van der Waals surface area contributed by atoms with Gasteiger partial charge in [-0.3, -0.25) is 0 Å². The molecule has 0 radical (unpaired) electrons. The first kappa shape index (κ1) is 12.4. The maximum Gasteiger partial charge on any atom is 0.339 e. The molecule has 0 fully saturated rings. The summed E-state index contributed by atoms with van der Waals surface area (Å²) in [5.74, 6) is -1.27. The molecule has 0 unspecified atom stereocenters. The van der Waals surface area contributed by atoms with Gasteiger partial charge in [-0.15, -0.1) is 0 Å². The standard InChI is InChI=1S/C15H16O3/c1-15(2,3)12-8-11(14(17)18)13(16)10-7-5-4-6-9(10)12/h4-8,16H,1-3H3,(H,17,18). The number of benzene rings is 2. The Morgan fingerprint density at radius 1 is 1.11 bits per heavy atom. The van der Waals surface area contributed by atoms with Crippen molar-refractivity contribution in [3.8, 4) is 5.75 Å². The molecule has 18 heavy (non-hydrogen) atoms. The third kappa shape index (κ3) is 1.92. The molecule has 0 amide bonds. The van der Waals surface area contributed by atoms with Crippen LogP contribution >= 0.6 is 0 Å². The Labute approximate surface area is 106 Å². The lowest BCUT2D eigenvalue weighted by molar-refractivity contribution is 0.0694. The molecule has 2 aromatic carbocycles. The number of carboxylic acid groups (broad SMARTS) is 1. The monoisotopic (exact) mass is 244 g/mol. The van der Waals surface area contributed by atoms with Gasteiger partial charge >= 0.3 is 5.97 Å². The van der Waals surface area contributed by atoms with Crippen LogP contribution in [0.4, 0.5) is 0 Å². The summed E-state index contributed by atoms with van der Waals surface area (Å²) in [6, 6.07) is 8.89. The summed E-state index contributed by atoms with van der Waals surface area (Å²) in [5.41, 5.74) is 0.698. The largest absolute Gasteiger partial charge is 0.506 e. The van der Waals surface area contributed by atoms with Gasteiger partial charge in [-0.05, 0) is 22.4 Å². The molecular formula is C15H16O3. The summed E-state index contributed by atoms with van der Waals surface area (Å²) in [5, 5.41) is 20.7. The highest BCUT2D eigenvalue weighted by molar-refractivity contribution is 6.02. The van der Waals surface area contributed by atoms with E-state index in [1.54, 1.807) is 18.2 Å². The minimum atomic E-state index is -1.11. The van der Waals surface area contributed by atoms with E-state index in [2.05, 4.69) is 0 Å². The number of aromatic carboxylic acids is 1. The zero-order chi connectivity index (χ0) is 13.5. The number of carbonyl (C=O) groups is 1. The normalized spacial score (nSPS) is 11.7. The molecule has 0 heterocycles. The average molecular weight is 244 g/mol. The van der Waals surface area contributed by atoms with E-state index in [-0.39, 0.29) is 16.7 Å². The van der Waals surface area contributed by atoms with Crippen molar-refractivity contribution in [1.29, 1.82) is 0 Å². The first-order chi connectivity index (χ1) is 8.32. The summed E-state index contributed by atoms with van der Waals surface area (Å²) in [6.45, 7) is 6.08. The van der Waals surface area contributed by atoms with Gasteiger partial charge in [0.15, 0.2) is 0 Å². The van der Waals surface area contributed by atoms with Crippen molar-refractivity contribution < 1.29 is 15.0 Å². The lowest BCUT2D eigenvalue weighted by Crippen LogP contribution is -2.13. The maximum absolute atomic E-state index is 11.2. The molecule has 3 nitrogen and oxygen atoms in total. The van der Waals surface area contributed by atoms with Crippen LogP contribution in [0.1, 0.15) is 36.7 Å². The van der Waals surface area contributed by atoms with Gasteiger partial charge in [-0.2, -0.15) is 0 Å². The summed E-state index contributed by atoms with van der Waals surface area (Å²) in [4.78, 5) is 11.2. The SMILES string of the molecule is CC(C)(C)c1cc(C(=O)O)c(O)c2ccccc12. The van der Waals surface area contributed by atoms with E-state index < -0.39 is 5.97 Å². The summed E-state index contributed by atoms with van der Waals surface area (Å²) < 4.78 is 0. The van der Waals surface area contributed by atoms with E-state index >= 15 is 0 Å². The molecule has 0 atom stereocenters. The number of phenols is 1. The molecular weight excluding hydrogens is 228 g/mol. The fourth-order valence-corrected chi connectivity index (χ4v) is 2.14. The minimum absolute atomic E-state index is 0.0429. The molecule has 0 aromatic heterocycles. The van der Waals surface area contributed by atoms with E-state index in [1.807, 2.05) is 32.9 Å². The second-order valence-electron chi connectivity index (χ2n) is 5.42. The average Bonchev–Trinajstić information content (AvgIpc) is 2.27. The molecule has 3 heteroatoms. The van der Waals surface area contributed by atoms with Gasteiger partial charge in [-0.1, -0.05) is 45.0 Å². The van der Waals surface area contributed by atoms with Crippen molar-refractivity contribution in [3.63, 3.8) is 0 Å². The van der Waals surface area contributed by atoms with E-state index in [0.717, 1.165) is 10.9 Å². The third-order valence-corrected chi connectivity index (χ3v) is 3.05. The van der Waals surface area contributed by atoms with Gasteiger partial charge < -0.3 is 10.2 Å². The molecule has 0 aliphatic rings. The van der Waals surface area contributed by atoms with Crippen LogP contribution in [0.25, 0.3) is 10.8 Å². The van der Waals surface area contributed by atoms with Crippen LogP contribution in [0.5, 0.6) is 5.75 Å². The number of rotatable bonds is 1. The minimum Gasteiger partial charge on any atom is -0.506 e. The van der Waals surface area contributed by atoms with Crippen LogP contribution in [-0.2, 0) is 5.41 Å². The molecule has 0 saturated carbocycles. The van der Waals surface area contributed by atoms with E-state index in [9.17, 15) is 9.90 Å². The van der Waals surface area contributed by atoms with Gasteiger partial charge in [0.25, 0.3) is 0 Å². The zero-order valence-electron chi connectivity index (χ0n) is 10.7. The highest BCUT2D eigenvalue weighted by atomic mass is 16.4. The molecule has 0 saturated heterocycles. The Morgan fingerprint density at radius 3 is 2.17 bits per heavy atom. The van der Waals surface area contributed by atoms with Crippen LogP contribution in [0.15, 0.2) is 30.3 Å². The number of fused-ring (bicyclic) bond motifs is 1. The zero-order valence-corrected chi connectivity index (χ0v) is 10.7. The molecule has 0 aliphatic heterocycles. The predicted octanol–water partition coefficient (Wildman–Crippen LogP) is 3.54. The van der Waals surface area contributed by atoms with Crippen LogP contribution in [0, 0.1) is 0 Å². The third-order valence-electron chi connectivity index (χ3n) is 3.05. The summed E-state index contributed by atoms with van der Waals surface area (Å²) in [7, 11) is 0. The van der Waals surface area contributed by atoms with Gasteiger partial charge in [0, 0.05) is 5.39 Å². The van der Waals surface area contributed by atoms with Crippen molar-refractivity contribution in [2.24, 2.45) is 0 Å². The van der Waals surface area contributed by atoms with Crippen molar-refractivity contribution in [1.82, 2.24) is 0 Å². The number of aromatic hydroxyl groups is 1. The lowest BCUT2D eigenvalue weighted by Gasteiger charge is -2.22. The van der Waals surface area contributed by atoms with Crippen LogP contribution in [0.3, 0.4) is 0 Å². The second-order valence-corrected chi connectivity index (χ2v) is 5.42. The fraction of sp³-hybridized carbons (Fsp3) is 0.267. The second kappa shape index (κ2) is 4.02. The van der Waals surface area contributed by atoms with E-state index in [4.69, 9.17) is 5.11 Å². The van der Waals surface area contributed by atoms with Crippen LogP contribution in [-0.4, -0.2) is 16.2 Å². The number of carboxylic acids is 1. The molecule has 0 aliphatic carbocycles.